The van der Waals surface area contributed by atoms with Crippen LogP contribution >= 0.6 is 11.3 Å². The van der Waals surface area contributed by atoms with E-state index in [0.717, 1.165) is 6.42 Å². The van der Waals surface area contributed by atoms with Crippen molar-refractivity contribution in [2.24, 2.45) is 7.05 Å². The lowest BCUT2D eigenvalue weighted by molar-refractivity contribution is 0.0928. The summed E-state index contributed by atoms with van der Waals surface area (Å²) < 4.78 is 1.74. The normalized spacial score (nSPS) is 12.3. The number of carbonyl (C=O) groups is 1. The SMILES string of the molecule is CCC(NC(=O)c1cc(N)cn1C)c1cccs1. The van der Waals surface area contributed by atoms with Gasteiger partial charge in [0, 0.05) is 18.1 Å². The molecular weight excluding hydrogens is 246 g/mol. The van der Waals surface area contributed by atoms with Crippen molar-refractivity contribution in [1.82, 2.24) is 9.88 Å². The molecule has 5 heteroatoms. The first kappa shape index (κ1) is 12.7. The number of nitrogens with zero attached hydrogens (tertiary/aromatic N) is 1. The Bertz CT molecular complexity index is 530. The molecule has 1 unspecified atom stereocenters. The fourth-order valence-electron chi connectivity index (χ4n) is 1.91. The number of anilines is 1. The molecular formula is C13H17N3OS. The van der Waals surface area contributed by atoms with E-state index >= 15 is 0 Å². The lowest BCUT2D eigenvalue weighted by Crippen LogP contribution is -2.29. The van der Waals surface area contributed by atoms with Crippen LogP contribution in [-0.2, 0) is 7.05 Å². The average molecular weight is 263 g/mol. The minimum Gasteiger partial charge on any atom is -0.397 e. The van der Waals surface area contributed by atoms with Crippen molar-refractivity contribution in [1.29, 1.82) is 0 Å². The highest BCUT2D eigenvalue weighted by Crippen LogP contribution is 2.22. The zero-order chi connectivity index (χ0) is 13.1. The summed E-state index contributed by atoms with van der Waals surface area (Å²) in [5, 5.41) is 5.05. The number of rotatable bonds is 4. The number of thiophene rings is 1. The van der Waals surface area contributed by atoms with Gasteiger partial charge in [0.25, 0.3) is 5.91 Å². The number of hydrogen-bond acceptors (Lipinski definition) is 3. The third kappa shape index (κ3) is 2.56. The van der Waals surface area contributed by atoms with Gasteiger partial charge in [0.15, 0.2) is 0 Å². The predicted molar refractivity (Wildman–Crippen MR) is 74.6 cm³/mol. The van der Waals surface area contributed by atoms with Crippen molar-refractivity contribution in [2.45, 2.75) is 19.4 Å². The third-order valence-electron chi connectivity index (χ3n) is 2.86. The van der Waals surface area contributed by atoms with E-state index in [1.165, 1.54) is 4.88 Å². The number of nitrogen functional groups attached to an aromatic ring is 1. The van der Waals surface area contributed by atoms with Gasteiger partial charge in [0.1, 0.15) is 5.69 Å². The van der Waals surface area contributed by atoms with Gasteiger partial charge in [-0.1, -0.05) is 13.0 Å². The van der Waals surface area contributed by atoms with Crippen LogP contribution in [0.4, 0.5) is 5.69 Å². The first-order valence-electron chi connectivity index (χ1n) is 5.88. The molecule has 0 radical (unpaired) electrons. The van der Waals surface area contributed by atoms with E-state index in [4.69, 9.17) is 5.73 Å². The first-order chi connectivity index (χ1) is 8.61. The van der Waals surface area contributed by atoms with Gasteiger partial charge in [-0.2, -0.15) is 0 Å². The van der Waals surface area contributed by atoms with Gasteiger partial charge in [0.2, 0.25) is 0 Å². The van der Waals surface area contributed by atoms with Crippen LogP contribution in [0.5, 0.6) is 0 Å². The standard InChI is InChI=1S/C13H17N3OS/c1-3-10(12-5-4-6-18-12)15-13(17)11-7-9(14)8-16(11)2/h4-8,10H,3,14H2,1-2H3,(H,15,17). The molecule has 2 aromatic heterocycles. The molecule has 0 bridgehead atoms. The average Bonchev–Trinajstić information content (AvgIpc) is 2.95. The molecule has 1 atom stereocenters. The summed E-state index contributed by atoms with van der Waals surface area (Å²) in [5.41, 5.74) is 6.87. The molecule has 2 rings (SSSR count). The summed E-state index contributed by atoms with van der Waals surface area (Å²) in [4.78, 5) is 13.3. The Kier molecular flexibility index (Phi) is 3.72. The van der Waals surface area contributed by atoms with E-state index < -0.39 is 0 Å². The molecule has 1 amide bonds. The minimum absolute atomic E-state index is 0.0635. The van der Waals surface area contributed by atoms with Crippen LogP contribution in [0, 0.1) is 0 Å². The summed E-state index contributed by atoms with van der Waals surface area (Å²) in [6, 6.07) is 5.79. The van der Waals surface area contributed by atoms with Gasteiger partial charge in [-0.05, 0) is 23.9 Å². The highest BCUT2D eigenvalue weighted by molar-refractivity contribution is 7.10. The van der Waals surface area contributed by atoms with Crippen LogP contribution in [0.15, 0.2) is 29.8 Å². The fraction of sp³-hybridized carbons (Fsp3) is 0.308. The molecule has 0 aromatic carbocycles. The molecule has 0 spiro atoms. The number of amides is 1. The maximum atomic E-state index is 12.2. The summed E-state index contributed by atoms with van der Waals surface area (Å²) in [7, 11) is 1.82. The Morgan fingerprint density at radius 2 is 2.39 bits per heavy atom. The molecule has 0 aliphatic carbocycles. The Morgan fingerprint density at radius 1 is 1.61 bits per heavy atom. The molecule has 96 valence electrons. The summed E-state index contributed by atoms with van der Waals surface area (Å²) in [5.74, 6) is -0.0885. The summed E-state index contributed by atoms with van der Waals surface area (Å²) >= 11 is 1.66. The van der Waals surface area contributed by atoms with Crippen molar-refractivity contribution < 1.29 is 4.79 Å². The van der Waals surface area contributed by atoms with Crippen molar-refractivity contribution in [2.75, 3.05) is 5.73 Å². The van der Waals surface area contributed by atoms with Crippen molar-refractivity contribution >= 4 is 22.9 Å². The second-order valence-corrected chi connectivity index (χ2v) is 5.20. The van der Waals surface area contributed by atoms with Gasteiger partial charge < -0.3 is 15.6 Å². The van der Waals surface area contributed by atoms with E-state index in [-0.39, 0.29) is 11.9 Å². The monoisotopic (exact) mass is 263 g/mol. The summed E-state index contributed by atoms with van der Waals surface area (Å²) in [6.45, 7) is 2.06. The van der Waals surface area contributed by atoms with Crippen molar-refractivity contribution in [3.63, 3.8) is 0 Å². The molecule has 18 heavy (non-hydrogen) atoms. The number of carbonyl (C=O) groups excluding carboxylic acids is 1. The first-order valence-corrected chi connectivity index (χ1v) is 6.76. The van der Waals surface area contributed by atoms with Crippen LogP contribution < -0.4 is 11.1 Å². The number of nitrogens with one attached hydrogen (secondary N) is 1. The van der Waals surface area contributed by atoms with Gasteiger partial charge in [-0.15, -0.1) is 11.3 Å². The Hall–Kier alpha value is -1.75. The second kappa shape index (κ2) is 5.27. The van der Waals surface area contributed by atoms with Crippen molar-refractivity contribution in [3.8, 4) is 0 Å². The highest BCUT2D eigenvalue weighted by Gasteiger charge is 2.17. The lowest BCUT2D eigenvalue weighted by atomic mass is 10.2. The van der Waals surface area contributed by atoms with E-state index in [2.05, 4.69) is 12.2 Å². The van der Waals surface area contributed by atoms with Crippen LogP contribution in [0.3, 0.4) is 0 Å². The van der Waals surface area contributed by atoms with Gasteiger partial charge in [-0.3, -0.25) is 4.79 Å². The van der Waals surface area contributed by atoms with Crippen LogP contribution in [0.25, 0.3) is 0 Å². The van der Waals surface area contributed by atoms with Gasteiger partial charge in [0.05, 0.1) is 11.7 Å². The maximum absolute atomic E-state index is 12.2. The van der Waals surface area contributed by atoms with E-state index in [9.17, 15) is 4.79 Å². The van der Waals surface area contributed by atoms with Crippen LogP contribution in [0.1, 0.15) is 34.8 Å². The largest absolute Gasteiger partial charge is 0.397 e. The molecule has 4 nitrogen and oxygen atoms in total. The summed E-state index contributed by atoms with van der Waals surface area (Å²) in [6.07, 6.45) is 2.60. The second-order valence-electron chi connectivity index (χ2n) is 4.22. The molecule has 0 saturated carbocycles. The minimum atomic E-state index is -0.0885. The van der Waals surface area contributed by atoms with Crippen molar-refractivity contribution in [3.05, 3.63) is 40.3 Å². The molecule has 0 saturated heterocycles. The van der Waals surface area contributed by atoms with E-state index in [1.807, 2.05) is 24.6 Å². The molecule has 0 aliphatic heterocycles. The topological polar surface area (TPSA) is 60.1 Å². The van der Waals surface area contributed by atoms with Gasteiger partial charge >= 0.3 is 0 Å². The zero-order valence-electron chi connectivity index (χ0n) is 10.5. The Balaban J connectivity index is 2.13. The number of aromatic nitrogens is 1. The zero-order valence-corrected chi connectivity index (χ0v) is 11.3. The predicted octanol–water partition coefficient (Wildman–Crippen LogP) is 2.55. The van der Waals surface area contributed by atoms with E-state index in [1.54, 1.807) is 28.2 Å². The quantitative estimate of drug-likeness (QED) is 0.890. The molecule has 0 fully saturated rings. The third-order valence-corrected chi connectivity index (χ3v) is 3.84. The highest BCUT2D eigenvalue weighted by atomic mass is 32.1. The lowest BCUT2D eigenvalue weighted by Gasteiger charge is -2.15. The molecule has 2 aromatic rings. The van der Waals surface area contributed by atoms with Crippen LogP contribution in [-0.4, -0.2) is 10.5 Å². The molecule has 3 N–H and O–H groups in total. The maximum Gasteiger partial charge on any atom is 0.268 e. The number of aryl methyl sites for hydroxylation is 1. The number of nitrogens with two attached hydrogens (primary N) is 1. The Labute approximate surface area is 110 Å². The van der Waals surface area contributed by atoms with E-state index in [0.29, 0.717) is 11.4 Å². The fourth-order valence-corrected chi connectivity index (χ4v) is 2.77. The smallest absolute Gasteiger partial charge is 0.268 e. The van der Waals surface area contributed by atoms with Gasteiger partial charge in [-0.25, -0.2) is 0 Å². The molecule has 0 aliphatic rings. The van der Waals surface area contributed by atoms with Crippen LogP contribution in [0.2, 0.25) is 0 Å². The molecule has 2 heterocycles. The number of hydrogen-bond donors (Lipinski definition) is 2. The Morgan fingerprint density at radius 3 is 2.89 bits per heavy atom.